The molecule has 2 aromatic carbocycles. The van der Waals surface area contributed by atoms with Crippen molar-refractivity contribution in [3.8, 4) is 28.6 Å². The lowest BCUT2D eigenvalue weighted by atomic mass is 9.79. The first kappa shape index (κ1) is 24.9. The Morgan fingerprint density at radius 1 is 1.14 bits per heavy atom. The molecular weight excluding hydrogens is 446 g/mol. The quantitative estimate of drug-likeness (QED) is 0.458. The van der Waals surface area contributed by atoms with Crippen molar-refractivity contribution >= 4 is 5.97 Å². The summed E-state index contributed by atoms with van der Waals surface area (Å²) >= 11 is 0. The third-order valence-electron chi connectivity index (χ3n) is 6.69. The summed E-state index contributed by atoms with van der Waals surface area (Å²) in [5.41, 5.74) is 2.78. The maximum absolute atomic E-state index is 11.7. The Balaban J connectivity index is 1.39. The van der Waals surface area contributed by atoms with E-state index in [0.717, 1.165) is 29.7 Å². The van der Waals surface area contributed by atoms with E-state index in [9.17, 15) is 15.0 Å². The van der Waals surface area contributed by atoms with Gasteiger partial charge in [0.05, 0.1) is 12.0 Å². The maximum atomic E-state index is 11.7. The molecule has 3 aromatic rings. The summed E-state index contributed by atoms with van der Waals surface area (Å²) in [7, 11) is 1.55. The van der Waals surface area contributed by atoms with Crippen molar-refractivity contribution in [3.63, 3.8) is 0 Å². The zero-order valence-electron chi connectivity index (χ0n) is 20.5. The van der Waals surface area contributed by atoms with E-state index in [1.165, 1.54) is 0 Å². The van der Waals surface area contributed by atoms with Crippen molar-refractivity contribution in [1.29, 1.82) is 0 Å². The SMILES string of the molecule is COCC1(C(=O)O)CCN(Cc2ccc(-c3noc(-c4ccc(CC(C)C)c(O)c4)n3)cc2)CC1. The van der Waals surface area contributed by atoms with Crippen LogP contribution in [0.4, 0.5) is 0 Å². The molecule has 1 saturated heterocycles. The molecule has 2 N–H and O–H groups in total. The molecule has 1 aliphatic rings. The second kappa shape index (κ2) is 10.6. The summed E-state index contributed by atoms with van der Waals surface area (Å²) in [6.45, 7) is 6.66. The minimum atomic E-state index is -0.781. The average molecular weight is 480 g/mol. The standard InChI is InChI=1S/C27H33N3O5/c1-18(2)14-21-8-9-22(15-23(21)31)25-28-24(29-35-25)20-6-4-19(5-7-20)16-30-12-10-27(11-13-30,17-34-3)26(32)33/h4-9,15,18,31H,10-14,16-17H2,1-3H3,(H,32,33). The summed E-state index contributed by atoms with van der Waals surface area (Å²) in [4.78, 5) is 18.5. The van der Waals surface area contributed by atoms with Gasteiger partial charge in [-0.3, -0.25) is 9.69 Å². The van der Waals surface area contributed by atoms with E-state index in [-0.39, 0.29) is 12.4 Å². The van der Waals surface area contributed by atoms with Gasteiger partial charge in [0.2, 0.25) is 5.82 Å². The molecule has 0 spiro atoms. The first-order valence-corrected chi connectivity index (χ1v) is 12.0. The number of aromatic hydroxyl groups is 1. The first-order chi connectivity index (χ1) is 16.8. The largest absolute Gasteiger partial charge is 0.508 e. The summed E-state index contributed by atoms with van der Waals surface area (Å²) < 4.78 is 10.6. The number of phenolic OH excluding ortho intramolecular Hbond substituents is 1. The average Bonchev–Trinajstić information content (AvgIpc) is 3.32. The van der Waals surface area contributed by atoms with Gasteiger partial charge in [0.15, 0.2) is 0 Å². The van der Waals surface area contributed by atoms with Gasteiger partial charge < -0.3 is 19.5 Å². The summed E-state index contributed by atoms with van der Waals surface area (Å²) in [5.74, 6) is 0.766. The highest BCUT2D eigenvalue weighted by atomic mass is 16.5. The number of phenols is 1. The van der Waals surface area contributed by atoms with Crippen molar-refractivity contribution in [2.45, 2.75) is 39.7 Å². The number of carboxylic acid groups (broad SMARTS) is 1. The number of piperidine rings is 1. The Bertz CT molecular complexity index is 1150. The van der Waals surface area contributed by atoms with Crippen LogP contribution in [0.5, 0.6) is 5.75 Å². The minimum Gasteiger partial charge on any atom is -0.508 e. The number of carboxylic acids is 1. The molecule has 8 heteroatoms. The van der Waals surface area contributed by atoms with E-state index < -0.39 is 11.4 Å². The molecule has 1 aromatic heterocycles. The van der Waals surface area contributed by atoms with Crippen LogP contribution in [0.25, 0.3) is 22.8 Å². The van der Waals surface area contributed by atoms with Gasteiger partial charge in [-0.2, -0.15) is 4.98 Å². The maximum Gasteiger partial charge on any atom is 0.312 e. The Hall–Kier alpha value is -3.23. The number of hydrogen-bond acceptors (Lipinski definition) is 7. The lowest BCUT2D eigenvalue weighted by Gasteiger charge is -2.38. The fraction of sp³-hybridized carbons (Fsp3) is 0.444. The van der Waals surface area contributed by atoms with Crippen molar-refractivity contribution in [2.24, 2.45) is 11.3 Å². The number of hydrogen-bond donors (Lipinski definition) is 2. The summed E-state index contributed by atoms with van der Waals surface area (Å²) in [5, 5.41) is 24.1. The molecule has 2 heterocycles. The number of carbonyl (C=O) groups is 1. The normalized spacial score (nSPS) is 16.0. The van der Waals surface area contributed by atoms with Crippen LogP contribution in [0.1, 0.15) is 37.8 Å². The van der Waals surface area contributed by atoms with E-state index >= 15 is 0 Å². The van der Waals surface area contributed by atoms with Gasteiger partial charge in [-0.1, -0.05) is 49.3 Å². The van der Waals surface area contributed by atoms with Crippen molar-refractivity contribution in [2.75, 3.05) is 26.8 Å². The predicted octanol–water partition coefficient (Wildman–Crippen LogP) is 4.62. The lowest BCUT2D eigenvalue weighted by molar-refractivity contribution is -0.156. The van der Waals surface area contributed by atoms with E-state index in [1.54, 1.807) is 13.2 Å². The zero-order chi connectivity index (χ0) is 25.0. The molecule has 0 radical (unpaired) electrons. The van der Waals surface area contributed by atoms with Gasteiger partial charge >= 0.3 is 5.97 Å². The highest BCUT2D eigenvalue weighted by Crippen LogP contribution is 2.33. The number of likely N-dealkylation sites (tertiary alicyclic amines) is 1. The Kier molecular flexibility index (Phi) is 7.52. The Morgan fingerprint density at radius 2 is 1.83 bits per heavy atom. The van der Waals surface area contributed by atoms with Gasteiger partial charge in [-0.15, -0.1) is 0 Å². The number of ether oxygens (including phenoxy) is 1. The number of methoxy groups -OCH3 is 1. The Labute approximate surface area is 205 Å². The van der Waals surface area contributed by atoms with Gasteiger partial charge in [-0.05, 0) is 61.5 Å². The monoisotopic (exact) mass is 479 g/mol. The van der Waals surface area contributed by atoms with Gasteiger partial charge in [0.25, 0.3) is 5.89 Å². The summed E-state index contributed by atoms with van der Waals surface area (Å²) in [6.07, 6.45) is 1.96. The molecule has 1 aliphatic heterocycles. The molecule has 0 atom stereocenters. The second-order valence-corrected chi connectivity index (χ2v) is 9.86. The molecule has 1 fully saturated rings. The summed E-state index contributed by atoms with van der Waals surface area (Å²) in [6, 6.07) is 13.5. The molecule has 0 aliphatic carbocycles. The molecule has 8 nitrogen and oxygen atoms in total. The predicted molar refractivity (Wildman–Crippen MR) is 132 cm³/mol. The fourth-order valence-electron chi connectivity index (χ4n) is 4.62. The number of aromatic nitrogens is 2. The molecule has 4 rings (SSSR count). The van der Waals surface area contributed by atoms with E-state index in [4.69, 9.17) is 9.26 Å². The molecule has 0 bridgehead atoms. The third kappa shape index (κ3) is 5.71. The zero-order valence-corrected chi connectivity index (χ0v) is 20.5. The van der Waals surface area contributed by atoms with E-state index in [0.29, 0.717) is 49.1 Å². The fourth-order valence-corrected chi connectivity index (χ4v) is 4.62. The molecule has 186 valence electrons. The topological polar surface area (TPSA) is 109 Å². The third-order valence-corrected chi connectivity index (χ3v) is 6.69. The van der Waals surface area contributed by atoms with Crippen LogP contribution in [-0.2, 0) is 22.5 Å². The molecule has 35 heavy (non-hydrogen) atoms. The van der Waals surface area contributed by atoms with Gasteiger partial charge in [0, 0.05) is 24.8 Å². The number of nitrogens with zero attached hydrogens (tertiary/aromatic N) is 3. The lowest BCUT2D eigenvalue weighted by Crippen LogP contribution is -2.46. The van der Waals surface area contributed by atoms with Crippen LogP contribution < -0.4 is 0 Å². The van der Waals surface area contributed by atoms with Crippen LogP contribution in [0, 0.1) is 11.3 Å². The van der Waals surface area contributed by atoms with Crippen LogP contribution in [0.2, 0.25) is 0 Å². The number of rotatable bonds is 9. The highest BCUT2D eigenvalue weighted by Gasteiger charge is 2.41. The van der Waals surface area contributed by atoms with E-state index in [2.05, 4.69) is 28.9 Å². The molecule has 0 amide bonds. The number of aliphatic carboxylic acids is 1. The molecule has 0 unspecified atom stereocenters. The van der Waals surface area contributed by atoms with Gasteiger partial charge in [-0.25, -0.2) is 0 Å². The van der Waals surface area contributed by atoms with Crippen molar-refractivity contribution < 1.29 is 24.3 Å². The van der Waals surface area contributed by atoms with Crippen LogP contribution >= 0.6 is 0 Å². The van der Waals surface area contributed by atoms with Crippen LogP contribution in [0.15, 0.2) is 47.0 Å². The number of benzene rings is 2. The van der Waals surface area contributed by atoms with E-state index in [1.807, 2.05) is 36.4 Å². The molecular formula is C27H33N3O5. The van der Waals surface area contributed by atoms with Crippen LogP contribution in [-0.4, -0.2) is 58.0 Å². The Morgan fingerprint density at radius 3 is 2.43 bits per heavy atom. The van der Waals surface area contributed by atoms with Crippen LogP contribution in [0.3, 0.4) is 0 Å². The van der Waals surface area contributed by atoms with Crippen molar-refractivity contribution in [3.05, 3.63) is 53.6 Å². The highest BCUT2D eigenvalue weighted by molar-refractivity contribution is 5.75. The van der Waals surface area contributed by atoms with Crippen molar-refractivity contribution in [1.82, 2.24) is 15.0 Å². The molecule has 0 saturated carbocycles. The van der Waals surface area contributed by atoms with Gasteiger partial charge in [0.1, 0.15) is 5.75 Å². The first-order valence-electron chi connectivity index (χ1n) is 12.0. The smallest absolute Gasteiger partial charge is 0.312 e. The second-order valence-electron chi connectivity index (χ2n) is 9.86. The minimum absolute atomic E-state index is 0.237.